The van der Waals surface area contributed by atoms with Gasteiger partial charge in [0.05, 0.1) is 16.8 Å². The van der Waals surface area contributed by atoms with E-state index < -0.39 is 23.5 Å². The number of alkyl halides is 6. The van der Waals surface area contributed by atoms with Crippen LogP contribution in [0.4, 0.5) is 26.3 Å². The summed E-state index contributed by atoms with van der Waals surface area (Å²) in [6.07, 6.45) is -8.08. The summed E-state index contributed by atoms with van der Waals surface area (Å²) in [5.41, 5.74) is -3.38. The van der Waals surface area contributed by atoms with E-state index in [2.05, 4.69) is 4.98 Å². The van der Waals surface area contributed by atoms with Gasteiger partial charge < -0.3 is 0 Å². The fraction of sp³-hybridized carbons (Fsp3) is 0.100. The minimum atomic E-state index is -4.74. The minimum Gasteiger partial charge on any atom is -0.298 e. The van der Waals surface area contributed by atoms with Crippen molar-refractivity contribution in [3.63, 3.8) is 0 Å². The molecule has 0 atom stereocenters. The van der Waals surface area contributed by atoms with Gasteiger partial charge in [-0.25, -0.2) is 0 Å². The van der Waals surface area contributed by atoms with Crippen LogP contribution >= 0.6 is 0 Å². The van der Waals surface area contributed by atoms with Gasteiger partial charge in [0.1, 0.15) is 0 Å². The summed E-state index contributed by atoms with van der Waals surface area (Å²) in [6.45, 7) is 0. The van der Waals surface area contributed by atoms with Gasteiger partial charge in [-0.1, -0.05) is 36.4 Å². The van der Waals surface area contributed by atoms with E-state index in [1.807, 2.05) is 0 Å². The zero-order chi connectivity index (χ0) is 20.5. The zero-order valence-corrected chi connectivity index (χ0v) is 14.0. The molecule has 0 saturated carbocycles. The smallest absolute Gasteiger partial charge is 0.298 e. The van der Waals surface area contributed by atoms with Crippen molar-refractivity contribution in [2.24, 2.45) is 0 Å². The molecule has 1 heterocycles. The number of pyridine rings is 1. The molecule has 3 rings (SSSR count). The number of rotatable bonds is 3. The van der Waals surface area contributed by atoms with E-state index in [1.165, 1.54) is 24.3 Å². The van der Waals surface area contributed by atoms with Crippen LogP contribution in [0.25, 0.3) is 22.4 Å². The van der Waals surface area contributed by atoms with E-state index in [1.54, 1.807) is 0 Å². The molecule has 0 saturated heterocycles. The standard InChI is InChI=1S/C20H11F6NO/c21-19(22,23)16-7-3-1-5-13(16)15-9-12(11-28)10-27-18(15)14-6-2-4-8-17(14)20(24,25)26/h1-11H. The molecule has 0 radical (unpaired) electrons. The molecule has 0 N–H and O–H groups in total. The number of halogens is 6. The Morgan fingerprint density at radius 1 is 0.714 bits per heavy atom. The van der Waals surface area contributed by atoms with Crippen molar-refractivity contribution in [2.45, 2.75) is 12.4 Å². The molecule has 144 valence electrons. The molecule has 0 spiro atoms. The summed E-state index contributed by atoms with van der Waals surface area (Å²) in [4.78, 5) is 15.0. The number of hydrogen-bond acceptors (Lipinski definition) is 2. The van der Waals surface area contributed by atoms with Crippen LogP contribution in [0.15, 0.2) is 60.8 Å². The third-order valence-electron chi connectivity index (χ3n) is 4.06. The SMILES string of the molecule is O=Cc1cnc(-c2ccccc2C(F)(F)F)c(-c2ccccc2C(F)(F)F)c1. The number of carbonyl (C=O) groups excluding carboxylic acids is 1. The number of hydrogen-bond donors (Lipinski definition) is 0. The van der Waals surface area contributed by atoms with Crippen LogP contribution < -0.4 is 0 Å². The quantitative estimate of drug-likeness (QED) is 0.387. The summed E-state index contributed by atoms with van der Waals surface area (Å²) in [7, 11) is 0. The van der Waals surface area contributed by atoms with Gasteiger partial charge in [0, 0.05) is 22.9 Å². The first-order valence-corrected chi connectivity index (χ1v) is 7.91. The average Bonchev–Trinajstić information content (AvgIpc) is 2.66. The summed E-state index contributed by atoms with van der Waals surface area (Å²) in [5, 5.41) is 0. The monoisotopic (exact) mass is 395 g/mol. The molecule has 2 aromatic carbocycles. The second-order valence-corrected chi connectivity index (χ2v) is 5.87. The van der Waals surface area contributed by atoms with Gasteiger partial charge in [-0.3, -0.25) is 9.78 Å². The van der Waals surface area contributed by atoms with Gasteiger partial charge in [-0.15, -0.1) is 0 Å². The summed E-state index contributed by atoms with van der Waals surface area (Å²) in [5.74, 6) is 0. The number of nitrogens with zero attached hydrogens (tertiary/aromatic N) is 1. The Balaban J connectivity index is 2.37. The van der Waals surface area contributed by atoms with E-state index in [0.717, 1.165) is 36.5 Å². The Hall–Kier alpha value is -3.16. The molecular formula is C20H11F6NO. The third kappa shape index (κ3) is 3.76. The first kappa shape index (κ1) is 19.6. The number of benzene rings is 2. The Morgan fingerprint density at radius 3 is 1.75 bits per heavy atom. The van der Waals surface area contributed by atoms with Crippen LogP contribution in [-0.4, -0.2) is 11.3 Å². The van der Waals surface area contributed by atoms with Crippen LogP contribution in [0.5, 0.6) is 0 Å². The number of aromatic nitrogens is 1. The fourth-order valence-electron chi connectivity index (χ4n) is 2.87. The molecule has 28 heavy (non-hydrogen) atoms. The zero-order valence-electron chi connectivity index (χ0n) is 14.0. The molecule has 0 bridgehead atoms. The predicted octanol–water partition coefficient (Wildman–Crippen LogP) is 6.27. The van der Waals surface area contributed by atoms with Gasteiger partial charge in [-0.05, 0) is 23.8 Å². The Bertz CT molecular complexity index is 1020. The van der Waals surface area contributed by atoms with Crippen LogP contribution in [0, 0.1) is 0 Å². The highest BCUT2D eigenvalue weighted by Crippen LogP contribution is 2.43. The topological polar surface area (TPSA) is 30.0 Å². The highest BCUT2D eigenvalue weighted by Gasteiger charge is 2.36. The van der Waals surface area contributed by atoms with Gasteiger partial charge >= 0.3 is 12.4 Å². The van der Waals surface area contributed by atoms with Crippen LogP contribution in [0.2, 0.25) is 0 Å². The molecule has 0 aliphatic carbocycles. The van der Waals surface area contributed by atoms with E-state index >= 15 is 0 Å². The van der Waals surface area contributed by atoms with Crippen LogP contribution in [-0.2, 0) is 12.4 Å². The van der Waals surface area contributed by atoms with Crippen molar-refractivity contribution in [3.8, 4) is 22.4 Å². The summed E-state index contributed by atoms with van der Waals surface area (Å²) in [6, 6.07) is 10.0. The maximum absolute atomic E-state index is 13.4. The summed E-state index contributed by atoms with van der Waals surface area (Å²) >= 11 is 0. The number of carbonyl (C=O) groups is 1. The molecule has 0 unspecified atom stereocenters. The molecule has 2 nitrogen and oxygen atoms in total. The Kier molecular flexibility index (Phi) is 4.97. The van der Waals surface area contributed by atoms with Crippen LogP contribution in [0.1, 0.15) is 21.5 Å². The largest absolute Gasteiger partial charge is 0.417 e. The molecule has 8 heteroatoms. The van der Waals surface area contributed by atoms with Gasteiger partial charge in [0.2, 0.25) is 0 Å². The van der Waals surface area contributed by atoms with E-state index in [4.69, 9.17) is 0 Å². The van der Waals surface area contributed by atoms with E-state index in [9.17, 15) is 31.1 Å². The third-order valence-corrected chi connectivity index (χ3v) is 4.06. The molecule has 0 amide bonds. The van der Waals surface area contributed by atoms with E-state index in [0.29, 0.717) is 6.29 Å². The Labute approximate surface area is 155 Å². The number of aldehydes is 1. The highest BCUT2D eigenvalue weighted by atomic mass is 19.4. The molecular weight excluding hydrogens is 384 g/mol. The maximum atomic E-state index is 13.4. The lowest BCUT2D eigenvalue weighted by Gasteiger charge is -2.18. The van der Waals surface area contributed by atoms with Gasteiger partial charge in [0.25, 0.3) is 0 Å². The lowest BCUT2D eigenvalue weighted by atomic mass is 9.92. The second-order valence-electron chi connectivity index (χ2n) is 5.87. The normalized spacial score (nSPS) is 12.1. The predicted molar refractivity (Wildman–Crippen MR) is 90.5 cm³/mol. The van der Waals surface area contributed by atoms with Crippen molar-refractivity contribution in [3.05, 3.63) is 77.5 Å². The van der Waals surface area contributed by atoms with Crippen molar-refractivity contribution in [1.82, 2.24) is 4.98 Å². The van der Waals surface area contributed by atoms with Crippen molar-refractivity contribution < 1.29 is 31.1 Å². The molecule has 3 aromatic rings. The lowest BCUT2D eigenvalue weighted by Crippen LogP contribution is -2.10. The first-order chi connectivity index (χ1) is 13.1. The highest BCUT2D eigenvalue weighted by molar-refractivity contribution is 5.88. The van der Waals surface area contributed by atoms with E-state index in [-0.39, 0.29) is 27.9 Å². The van der Waals surface area contributed by atoms with Gasteiger partial charge in [-0.2, -0.15) is 26.3 Å². The maximum Gasteiger partial charge on any atom is 0.417 e. The molecule has 1 aromatic heterocycles. The minimum absolute atomic E-state index is 0.0554. The van der Waals surface area contributed by atoms with Crippen molar-refractivity contribution in [2.75, 3.05) is 0 Å². The molecule has 0 aliphatic heterocycles. The molecule has 0 fully saturated rings. The fourth-order valence-corrected chi connectivity index (χ4v) is 2.87. The average molecular weight is 395 g/mol. The van der Waals surface area contributed by atoms with Crippen molar-refractivity contribution >= 4 is 6.29 Å². The van der Waals surface area contributed by atoms with Crippen LogP contribution in [0.3, 0.4) is 0 Å². The second kappa shape index (κ2) is 7.10. The summed E-state index contributed by atoms with van der Waals surface area (Å²) < 4.78 is 80.6. The first-order valence-electron chi connectivity index (χ1n) is 7.91. The van der Waals surface area contributed by atoms with Crippen molar-refractivity contribution in [1.29, 1.82) is 0 Å². The lowest BCUT2D eigenvalue weighted by molar-refractivity contribution is -0.138. The Morgan fingerprint density at radius 2 is 1.21 bits per heavy atom. The molecule has 0 aliphatic rings. The van der Waals surface area contributed by atoms with Gasteiger partial charge in [0.15, 0.2) is 6.29 Å².